The number of nitrogens with one attached hydrogen (secondary N) is 1. The second-order valence-electron chi connectivity index (χ2n) is 4.30. The van der Waals surface area contributed by atoms with Crippen LogP contribution in [0.1, 0.15) is 31.1 Å². The molecule has 0 aliphatic rings. The molecule has 2 aromatic heterocycles. The predicted octanol–water partition coefficient (Wildman–Crippen LogP) is 1.43. The van der Waals surface area contributed by atoms with Gasteiger partial charge in [-0.1, -0.05) is 6.92 Å². The molecule has 5 nitrogen and oxygen atoms in total. The van der Waals surface area contributed by atoms with Crippen LogP contribution in [0.15, 0.2) is 18.5 Å². The van der Waals surface area contributed by atoms with Crippen molar-refractivity contribution in [3.63, 3.8) is 0 Å². The smallest absolute Gasteiger partial charge is 0.122 e. The maximum atomic E-state index is 4.57. The van der Waals surface area contributed by atoms with Crippen LogP contribution in [-0.2, 0) is 26.1 Å². The van der Waals surface area contributed by atoms with Gasteiger partial charge in [0.1, 0.15) is 5.82 Å². The van der Waals surface area contributed by atoms with Gasteiger partial charge in [-0.05, 0) is 26.5 Å². The summed E-state index contributed by atoms with van der Waals surface area (Å²) in [7, 11) is 1.94. The maximum absolute atomic E-state index is 4.57. The van der Waals surface area contributed by atoms with Crippen molar-refractivity contribution in [3.8, 4) is 0 Å². The maximum Gasteiger partial charge on any atom is 0.122 e. The highest BCUT2D eigenvalue weighted by molar-refractivity contribution is 5.12. The Hall–Kier alpha value is -1.62. The summed E-state index contributed by atoms with van der Waals surface area (Å²) in [6, 6.07) is 2.19. The molecule has 0 aliphatic heterocycles. The first-order valence-corrected chi connectivity index (χ1v) is 6.48. The Morgan fingerprint density at radius 1 is 1.33 bits per heavy atom. The number of aryl methyl sites for hydroxylation is 2. The minimum Gasteiger partial charge on any atom is -0.328 e. The van der Waals surface area contributed by atoms with Crippen LogP contribution in [0.5, 0.6) is 0 Å². The molecule has 0 spiro atoms. The van der Waals surface area contributed by atoms with Crippen LogP contribution in [0.3, 0.4) is 0 Å². The van der Waals surface area contributed by atoms with Gasteiger partial charge in [-0.15, -0.1) is 0 Å². The summed E-state index contributed by atoms with van der Waals surface area (Å²) in [5, 5.41) is 7.71. The van der Waals surface area contributed by atoms with Gasteiger partial charge in [0.2, 0.25) is 0 Å². The van der Waals surface area contributed by atoms with Crippen LogP contribution in [0.4, 0.5) is 0 Å². The van der Waals surface area contributed by atoms with Crippen molar-refractivity contribution in [1.29, 1.82) is 0 Å². The summed E-state index contributed by atoms with van der Waals surface area (Å²) < 4.78 is 4.24. The van der Waals surface area contributed by atoms with Crippen molar-refractivity contribution in [2.45, 2.75) is 39.9 Å². The zero-order valence-corrected chi connectivity index (χ0v) is 11.3. The average Bonchev–Trinajstić information content (AvgIpc) is 2.97. The lowest BCUT2D eigenvalue weighted by Crippen LogP contribution is -2.14. The molecule has 0 unspecified atom stereocenters. The van der Waals surface area contributed by atoms with Crippen LogP contribution < -0.4 is 5.32 Å². The molecule has 0 saturated carbocycles. The fraction of sp³-hybridized carbons (Fsp3) is 0.538. The lowest BCUT2D eigenvalue weighted by molar-refractivity contribution is 0.581. The van der Waals surface area contributed by atoms with Gasteiger partial charge >= 0.3 is 0 Å². The van der Waals surface area contributed by atoms with Gasteiger partial charge < -0.3 is 9.88 Å². The van der Waals surface area contributed by atoms with Gasteiger partial charge in [0.15, 0.2) is 0 Å². The molecule has 0 aliphatic carbocycles. The van der Waals surface area contributed by atoms with E-state index in [4.69, 9.17) is 0 Å². The molecule has 0 amide bonds. The van der Waals surface area contributed by atoms with E-state index in [0.717, 1.165) is 37.6 Å². The molecular formula is C13H21N5. The number of rotatable bonds is 6. The summed E-state index contributed by atoms with van der Waals surface area (Å²) in [6.07, 6.45) is 4.85. The van der Waals surface area contributed by atoms with Gasteiger partial charge in [0.25, 0.3) is 0 Å². The lowest BCUT2D eigenvalue weighted by atomic mass is 10.3. The van der Waals surface area contributed by atoms with E-state index >= 15 is 0 Å². The third kappa shape index (κ3) is 2.61. The Kier molecular flexibility index (Phi) is 4.15. The summed E-state index contributed by atoms with van der Waals surface area (Å²) in [6.45, 7) is 6.78. The molecule has 0 radical (unpaired) electrons. The second-order valence-corrected chi connectivity index (χ2v) is 4.30. The molecule has 0 fully saturated rings. The number of imidazole rings is 1. The van der Waals surface area contributed by atoms with Gasteiger partial charge in [0, 0.05) is 18.9 Å². The quantitative estimate of drug-likeness (QED) is 0.840. The van der Waals surface area contributed by atoms with E-state index in [9.17, 15) is 0 Å². The largest absolute Gasteiger partial charge is 0.328 e. The molecule has 2 aromatic rings. The topological polar surface area (TPSA) is 47.7 Å². The third-order valence-corrected chi connectivity index (χ3v) is 3.04. The Morgan fingerprint density at radius 2 is 2.17 bits per heavy atom. The molecule has 0 aromatic carbocycles. The van der Waals surface area contributed by atoms with Crippen molar-refractivity contribution in [3.05, 3.63) is 35.7 Å². The van der Waals surface area contributed by atoms with Crippen LogP contribution in [-0.4, -0.2) is 26.4 Å². The average molecular weight is 247 g/mol. The molecule has 0 bridgehead atoms. The molecule has 98 valence electrons. The van der Waals surface area contributed by atoms with Crippen molar-refractivity contribution in [2.24, 2.45) is 0 Å². The first-order valence-electron chi connectivity index (χ1n) is 6.48. The zero-order chi connectivity index (χ0) is 13.0. The number of aromatic nitrogens is 4. The van der Waals surface area contributed by atoms with E-state index < -0.39 is 0 Å². The summed E-state index contributed by atoms with van der Waals surface area (Å²) in [5.41, 5.74) is 2.40. The van der Waals surface area contributed by atoms with Crippen LogP contribution in [0, 0.1) is 0 Å². The Morgan fingerprint density at radius 3 is 2.83 bits per heavy atom. The van der Waals surface area contributed by atoms with E-state index in [-0.39, 0.29) is 0 Å². The highest BCUT2D eigenvalue weighted by Gasteiger charge is 2.08. The molecule has 1 N–H and O–H groups in total. The standard InChI is InChI=1S/C13H21N5/c1-4-11-8-12(18(5-2)16-11)10-17-7-6-15-13(17)9-14-3/h6-8,14H,4-5,9-10H2,1-3H3. The Bertz CT molecular complexity index is 497. The van der Waals surface area contributed by atoms with Crippen LogP contribution in [0.2, 0.25) is 0 Å². The molecule has 2 heterocycles. The Balaban J connectivity index is 2.22. The lowest BCUT2D eigenvalue weighted by Gasteiger charge is -2.08. The fourth-order valence-electron chi connectivity index (χ4n) is 2.07. The zero-order valence-electron chi connectivity index (χ0n) is 11.3. The minimum atomic E-state index is 0.786. The van der Waals surface area contributed by atoms with Crippen LogP contribution in [0.25, 0.3) is 0 Å². The Labute approximate surface area is 108 Å². The van der Waals surface area contributed by atoms with E-state index in [1.165, 1.54) is 5.69 Å². The summed E-state index contributed by atoms with van der Waals surface area (Å²) in [5.74, 6) is 1.06. The molecule has 0 atom stereocenters. The van der Waals surface area contributed by atoms with Gasteiger partial charge in [-0.3, -0.25) is 4.68 Å². The summed E-state index contributed by atoms with van der Waals surface area (Å²) >= 11 is 0. The number of hydrogen-bond acceptors (Lipinski definition) is 3. The summed E-state index contributed by atoms with van der Waals surface area (Å²) in [4.78, 5) is 4.36. The van der Waals surface area contributed by atoms with Crippen molar-refractivity contribution < 1.29 is 0 Å². The molecule has 2 rings (SSSR count). The monoisotopic (exact) mass is 247 g/mol. The first-order chi connectivity index (χ1) is 8.78. The number of hydrogen-bond donors (Lipinski definition) is 1. The molecule has 5 heteroatoms. The van der Waals surface area contributed by atoms with Crippen molar-refractivity contribution >= 4 is 0 Å². The van der Waals surface area contributed by atoms with E-state index in [2.05, 4.69) is 44.6 Å². The van der Waals surface area contributed by atoms with E-state index in [0.29, 0.717) is 0 Å². The van der Waals surface area contributed by atoms with Gasteiger partial charge in [-0.25, -0.2) is 4.98 Å². The van der Waals surface area contributed by atoms with Gasteiger partial charge in [-0.2, -0.15) is 5.10 Å². The molecular weight excluding hydrogens is 226 g/mol. The highest BCUT2D eigenvalue weighted by atomic mass is 15.3. The van der Waals surface area contributed by atoms with Crippen molar-refractivity contribution in [2.75, 3.05) is 7.05 Å². The van der Waals surface area contributed by atoms with Crippen LogP contribution >= 0.6 is 0 Å². The second kappa shape index (κ2) is 5.82. The SMILES string of the molecule is CCc1cc(Cn2ccnc2CNC)n(CC)n1. The van der Waals surface area contributed by atoms with Gasteiger partial charge in [0.05, 0.1) is 24.5 Å². The van der Waals surface area contributed by atoms with E-state index in [1.807, 2.05) is 19.4 Å². The first kappa shape index (κ1) is 12.8. The highest BCUT2D eigenvalue weighted by Crippen LogP contribution is 2.09. The van der Waals surface area contributed by atoms with E-state index in [1.54, 1.807) is 0 Å². The predicted molar refractivity (Wildman–Crippen MR) is 71.4 cm³/mol. The molecule has 0 saturated heterocycles. The molecule has 18 heavy (non-hydrogen) atoms. The minimum absolute atomic E-state index is 0.786. The number of nitrogens with zero attached hydrogens (tertiary/aromatic N) is 4. The normalized spacial score (nSPS) is 11.1. The van der Waals surface area contributed by atoms with Crippen molar-refractivity contribution in [1.82, 2.24) is 24.6 Å². The third-order valence-electron chi connectivity index (χ3n) is 3.04. The fourth-order valence-corrected chi connectivity index (χ4v) is 2.07.